The van der Waals surface area contributed by atoms with Gasteiger partial charge in [0.1, 0.15) is 5.60 Å². The van der Waals surface area contributed by atoms with E-state index < -0.39 is 23.7 Å². The molecule has 0 aliphatic heterocycles. The minimum atomic E-state index is -1.32. The van der Waals surface area contributed by atoms with Crippen LogP contribution in [0.2, 0.25) is 0 Å². The lowest BCUT2D eigenvalue weighted by Crippen LogP contribution is -2.45. The number of esters is 1. The molecular weight excluding hydrogens is 214 g/mol. The molecule has 0 aromatic rings. The van der Waals surface area contributed by atoms with Crippen molar-refractivity contribution < 1.29 is 23.9 Å². The fourth-order valence-electron chi connectivity index (χ4n) is 0.815. The molecule has 1 N–H and O–H groups in total. The summed E-state index contributed by atoms with van der Waals surface area (Å²) < 4.78 is 9.47. The lowest BCUT2D eigenvalue weighted by Gasteiger charge is -2.20. The lowest BCUT2D eigenvalue weighted by atomic mass is 10.2. The van der Waals surface area contributed by atoms with E-state index in [1.165, 1.54) is 0 Å². The van der Waals surface area contributed by atoms with E-state index in [2.05, 4.69) is 10.1 Å². The van der Waals surface area contributed by atoms with Crippen molar-refractivity contribution in [3.63, 3.8) is 0 Å². The van der Waals surface area contributed by atoms with E-state index in [0.29, 0.717) is 6.29 Å². The van der Waals surface area contributed by atoms with Crippen LogP contribution in [0.15, 0.2) is 0 Å². The number of aldehydes is 1. The average Bonchev–Trinajstić information content (AvgIpc) is 2.11. The van der Waals surface area contributed by atoms with Gasteiger partial charge in [0.15, 0.2) is 12.3 Å². The molecule has 1 unspecified atom stereocenters. The van der Waals surface area contributed by atoms with Gasteiger partial charge >= 0.3 is 12.1 Å². The first kappa shape index (κ1) is 14.4. The van der Waals surface area contributed by atoms with Crippen LogP contribution in [0, 0.1) is 0 Å². The van der Waals surface area contributed by atoms with Gasteiger partial charge in [0.05, 0.1) is 6.61 Å². The number of carbonyl (C=O) groups is 3. The van der Waals surface area contributed by atoms with E-state index >= 15 is 0 Å². The van der Waals surface area contributed by atoms with Gasteiger partial charge in [-0.15, -0.1) is 0 Å². The molecule has 0 aliphatic rings. The minimum absolute atomic E-state index is 0.138. The molecule has 6 nitrogen and oxygen atoms in total. The quantitative estimate of drug-likeness (QED) is 0.436. The average molecular weight is 231 g/mol. The summed E-state index contributed by atoms with van der Waals surface area (Å²) >= 11 is 0. The summed E-state index contributed by atoms with van der Waals surface area (Å²) in [5, 5.41) is 2.10. The van der Waals surface area contributed by atoms with E-state index in [1.807, 2.05) is 0 Å². The fourth-order valence-corrected chi connectivity index (χ4v) is 0.815. The second-order valence-corrected chi connectivity index (χ2v) is 4.01. The van der Waals surface area contributed by atoms with Crippen LogP contribution in [0.5, 0.6) is 0 Å². The smallest absolute Gasteiger partial charge is 0.408 e. The third kappa shape index (κ3) is 6.00. The van der Waals surface area contributed by atoms with Crippen LogP contribution in [-0.4, -0.2) is 36.6 Å². The normalized spacial score (nSPS) is 12.5. The maximum absolute atomic E-state index is 11.2. The predicted octanol–water partition coefficient (Wildman–Crippen LogP) is 0.642. The number of carbonyl (C=O) groups excluding carboxylic acids is 3. The van der Waals surface area contributed by atoms with Crippen molar-refractivity contribution in [1.82, 2.24) is 5.32 Å². The Morgan fingerprint density at radius 3 is 2.31 bits per heavy atom. The summed E-state index contributed by atoms with van der Waals surface area (Å²) in [6, 6.07) is -1.32. The predicted molar refractivity (Wildman–Crippen MR) is 55.9 cm³/mol. The van der Waals surface area contributed by atoms with E-state index in [0.717, 1.165) is 0 Å². The maximum atomic E-state index is 11.2. The number of ether oxygens (including phenoxy) is 2. The van der Waals surface area contributed by atoms with Gasteiger partial charge < -0.3 is 19.6 Å². The Balaban J connectivity index is 4.28. The van der Waals surface area contributed by atoms with Gasteiger partial charge in [-0.2, -0.15) is 0 Å². The van der Waals surface area contributed by atoms with Crippen LogP contribution in [0.4, 0.5) is 4.79 Å². The largest absolute Gasteiger partial charge is 0.464 e. The summed E-state index contributed by atoms with van der Waals surface area (Å²) in [7, 11) is 0. The lowest BCUT2D eigenvalue weighted by molar-refractivity contribution is -0.146. The van der Waals surface area contributed by atoms with Crippen molar-refractivity contribution in [1.29, 1.82) is 0 Å². The van der Waals surface area contributed by atoms with E-state index in [-0.39, 0.29) is 6.61 Å². The van der Waals surface area contributed by atoms with Crippen molar-refractivity contribution in [2.75, 3.05) is 6.61 Å². The fraction of sp³-hybridized carbons (Fsp3) is 0.700. The number of rotatable bonds is 4. The Bertz CT molecular complexity index is 269. The van der Waals surface area contributed by atoms with Crippen LogP contribution >= 0.6 is 0 Å². The molecule has 0 saturated carbocycles. The summed E-state index contributed by atoms with van der Waals surface area (Å²) in [5.74, 6) is -0.802. The van der Waals surface area contributed by atoms with Gasteiger partial charge in [0.2, 0.25) is 0 Å². The van der Waals surface area contributed by atoms with Crippen LogP contribution < -0.4 is 5.32 Å². The van der Waals surface area contributed by atoms with Gasteiger partial charge in [-0.3, -0.25) is 0 Å². The van der Waals surface area contributed by atoms with Gasteiger partial charge in [-0.25, -0.2) is 9.59 Å². The molecule has 0 rings (SSSR count). The third-order valence-corrected chi connectivity index (χ3v) is 1.35. The van der Waals surface area contributed by atoms with Gasteiger partial charge in [-0.05, 0) is 27.7 Å². The van der Waals surface area contributed by atoms with Crippen LogP contribution in [0.3, 0.4) is 0 Å². The molecule has 0 bridgehead atoms. The first-order chi connectivity index (χ1) is 7.30. The van der Waals surface area contributed by atoms with E-state index in [1.54, 1.807) is 27.7 Å². The summed E-state index contributed by atoms with van der Waals surface area (Å²) in [6.07, 6.45) is -0.542. The highest BCUT2D eigenvalue weighted by Crippen LogP contribution is 2.06. The van der Waals surface area contributed by atoms with Crippen LogP contribution in [-0.2, 0) is 19.1 Å². The number of hydrogen-bond donors (Lipinski definition) is 1. The van der Waals surface area contributed by atoms with Gasteiger partial charge in [0, 0.05) is 0 Å². The van der Waals surface area contributed by atoms with Crippen molar-refractivity contribution in [3.8, 4) is 0 Å². The van der Waals surface area contributed by atoms with Crippen molar-refractivity contribution in [3.05, 3.63) is 0 Å². The Kier molecular flexibility index (Phi) is 5.49. The molecule has 16 heavy (non-hydrogen) atoms. The Labute approximate surface area is 94.3 Å². The Morgan fingerprint density at radius 2 is 1.94 bits per heavy atom. The molecule has 0 aromatic heterocycles. The molecular formula is C10H17NO5. The third-order valence-electron chi connectivity index (χ3n) is 1.35. The zero-order chi connectivity index (χ0) is 12.8. The van der Waals surface area contributed by atoms with Gasteiger partial charge in [-0.1, -0.05) is 0 Å². The van der Waals surface area contributed by atoms with Crippen LogP contribution in [0.1, 0.15) is 27.7 Å². The first-order valence-corrected chi connectivity index (χ1v) is 4.91. The van der Waals surface area contributed by atoms with Crippen molar-refractivity contribution in [2.45, 2.75) is 39.3 Å². The highest BCUT2D eigenvalue weighted by atomic mass is 16.6. The molecule has 0 saturated heterocycles. The zero-order valence-electron chi connectivity index (χ0n) is 9.90. The molecule has 6 heteroatoms. The summed E-state index contributed by atoms with van der Waals surface area (Å²) in [6.45, 7) is 6.76. The molecule has 0 fully saturated rings. The first-order valence-electron chi connectivity index (χ1n) is 4.91. The monoisotopic (exact) mass is 231 g/mol. The standard InChI is InChI=1S/C10H17NO5/c1-5-15-8(13)7(6-12)11-9(14)16-10(2,3)4/h6-7H,5H2,1-4H3,(H,11,14). The molecule has 0 aromatic carbocycles. The molecule has 1 atom stereocenters. The Morgan fingerprint density at radius 1 is 1.38 bits per heavy atom. The molecule has 92 valence electrons. The van der Waals surface area contributed by atoms with Crippen molar-refractivity contribution >= 4 is 18.3 Å². The second kappa shape index (κ2) is 6.09. The Hall–Kier alpha value is -1.59. The maximum Gasteiger partial charge on any atom is 0.408 e. The highest BCUT2D eigenvalue weighted by Gasteiger charge is 2.24. The van der Waals surface area contributed by atoms with Gasteiger partial charge in [0.25, 0.3) is 0 Å². The van der Waals surface area contributed by atoms with Crippen molar-refractivity contribution in [2.24, 2.45) is 0 Å². The SMILES string of the molecule is CCOC(=O)C(C=O)NC(=O)OC(C)(C)C. The summed E-state index contributed by atoms with van der Waals surface area (Å²) in [5.41, 5.74) is -0.688. The van der Waals surface area contributed by atoms with Crippen LogP contribution in [0.25, 0.3) is 0 Å². The highest BCUT2D eigenvalue weighted by molar-refractivity contribution is 5.95. The molecule has 0 spiro atoms. The zero-order valence-corrected chi connectivity index (χ0v) is 9.90. The van der Waals surface area contributed by atoms with E-state index in [4.69, 9.17) is 4.74 Å². The number of nitrogens with one attached hydrogen (secondary N) is 1. The molecule has 0 radical (unpaired) electrons. The van der Waals surface area contributed by atoms with E-state index in [9.17, 15) is 14.4 Å². The molecule has 0 heterocycles. The molecule has 0 aliphatic carbocycles. The molecule has 1 amide bonds. The summed E-state index contributed by atoms with van der Waals surface area (Å²) in [4.78, 5) is 32.9. The number of amides is 1. The number of alkyl carbamates (subject to hydrolysis) is 1. The topological polar surface area (TPSA) is 81.7 Å². The number of hydrogen-bond acceptors (Lipinski definition) is 5. The minimum Gasteiger partial charge on any atom is -0.464 e. The second-order valence-electron chi connectivity index (χ2n) is 4.01.